The van der Waals surface area contributed by atoms with E-state index in [1.165, 1.54) is 154 Å². The maximum absolute atomic E-state index is 2.57. The van der Waals surface area contributed by atoms with Crippen molar-refractivity contribution in [1.82, 2.24) is 4.57 Å². The van der Waals surface area contributed by atoms with Crippen LogP contribution < -0.4 is 4.57 Å². The molecule has 0 atom stereocenters. The second kappa shape index (κ2) is 22.0. The van der Waals surface area contributed by atoms with Crippen LogP contribution >= 0.6 is 0 Å². The fourth-order valence-corrected chi connectivity index (χ4v) is 4.89. The lowest BCUT2D eigenvalue weighted by molar-refractivity contribution is -0.704. The fourth-order valence-electron chi connectivity index (χ4n) is 4.89. The van der Waals surface area contributed by atoms with Crippen molar-refractivity contribution >= 4 is 0 Å². The molecule has 0 N–H and O–H groups in total. The third-order valence-corrected chi connectivity index (χ3v) is 7.10. The number of unbranched alkanes of at least 4 members (excludes halogenated alkanes) is 18. The number of nitrogens with zero attached hydrogens (tertiary/aromatic N) is 2. The number of imidazole rings is 1. The van der Waals surface area contributed by atoms with Gasteiger partial charge in [0.2, 0.25) is 0 Å². The van der Waals surface area contributed by atoms with Gasteiger partial charge in [0.05, 0.1) is 13.1 Å². The van der Waals surface area contributed by atoms with Gasteiger partial charge in [-0.3, -0.25) is 0 Å². The van der Waals surface area contributed by atoms with Gasteiger partial charge in [0.15, 0.2) is 0 Å². The second-order valence-electron chi connectivity index (χ2n) is 10.2. The van der Waals surface area contributed by atoms with Crippen molar-refractivity contribution in [3.63, 3.8) is 0 Å². The molecule has 32 heavy (non-hydrogen) atoms. The van der Waals surface area contributed by atoms with Gasteiger partial charge in [0, 0.05) is 6.42 Å². The molecule has 1 aromatic rings. The normalized spacial score (nSPS) is 11.5. The standard InChI is InChI=1S/C30H59N2/c1-4-7-10-12-13-14-15-16-17-18-19-20-22-24-27-32-29-28-31(30(32)25-9-6-3)26-23-21-11-8-5-2/h28-29H,4-27H2,1-3H3/q+1. The van der Waals surface area contributed by atoms with Gasteiger partial charge in [0.25, 0.3) is 5.82 Å². The molecule has 0 aliphatic heterocycles. The molecule has 0 bridgehead atoms. The molecule has 0 aliphatic rings. The van der Waals surface area contributed by atoms with E-state index in [9.17, 15) is 0 Å². The Labute approximate surface area is 202 Å². The van der Waals surface area contributed by atoms with Crippen molar-refractivity contribution in [3.8, 4) is 0 Å². The summed E-state index contributed by atoms with van der Waals surface area (Å²) in [5.74, 6) is 1.58. The van der Waals surface area contributed by atoms with Gasteiger partial charge in [-0.05, 0) is 32.1 Å². The summed E-state index contributed by atoms with van der Waals surface area (Å²) in [6.07, 6.45) is 35.6. The molecule has 0 fully saturated rings. The monoisotopic (exact) mass is 447 g/mol. The predicted molar refractivity (Wildman–Crippen MR) is 142 cm³/mol. The van der Waals surface area contributed by atoms with Gasteiger partial charge >= 0.3 is 0 Å². The third kappa shape index (κ3) is 15.1. The van der Waals surface area contributed by atoms with Crippen LogP contribution in [-0.2, 0) is 19.5 Å². The zero-order valence-electron chi connectivity index (χ0n) is 22.5. The highest BCUT2D eigenvalue weighted by Gasteiger charge is 2.16. The average molecular weight is 448 g/mol. The summed E-state index contributed by atoms with van der Waals surface area (Å²) in [4.78, 5) is 0. The van der Waals surface area contributed by atoms with Crippen LogP contribution in [0.5, 0.6) is 0 Å². The van der Waals surface area contributed by atoms with Crippen LogP contribution in [0.15, 0.2) is 12.4 Å². The van der Waals surface area contributed by atoms with Crippen molar-refractivity contribution < 1.29 is 4.57 Å². The van der Waals surface area contributed by atoms with E-state index in [2.05, 4.69) is 42.3 Å². The molecule has 2 heteroatoms. The fraction of sp³-hybridized carbons (Fsp3) is 0.900. The lowest BCUT2D eigenvalue weighted by Gasteiger charge is -2.06. The first-order chi connectivity index (χ1) is 15.8. The van der Waals surface area contributed by atoms with E-state index in [0.29, 0.717) is 0 Å². The molecular formula is C30H59N2+. The maximum atomic E-state index is 2.57. The lowest BCUT2D eigenvalue weighted by Crippen LogP contribution is -2.37. The molecule has 0 aliphatic carbocycles. The second-order valence-corrected chi connectivity index (χ2v) is 10.2. The van der Waals surface area contributed by atoms with Crippen LogP contribution in [0, 0.1) is 0 Å². The molecule has 1 aromatic heterocycles. The molecule has 0 amide bonds. The molecule has 2 nitrogen and oxygen atoms in total. The molecule has 0 aromatic carbocycles. The summed E-state index contributed by atoms with van der Waals surface area (Å²) in [5, 5.41) is 0. The molecule has 0 saturated heterocycles. The molecule has 1 heterocycles. The number of aromatic nitrogens is 2. The minimum atomic E-state index is 1.22. The summed E-state index contributed by atoms with van der Waals surface area (Å²) in [6, 6.07) is 0. The Bertz CT molecular complexity index is 505. The first-order valence-electron chi connectivity index (χ1n) is 14.9. The molecule has 0 spiro atoms. The summed E-state index contributed by atoms with van der Waals surface area (Å²) in [6.45, 7) is 9.36. The topological polar surface area (TPSA) is 8.81 Å². The number of hydrogen-bond donors (Lipinski definition) is 0. The summed E-state index contributed by atoms with van der Waals surface area (Å²) >= 11 is 0. The molecule has 0 radical (unpaired) electrons. The van der Waals surface area contributed by atoms with Crippen LogP contribution in [-0.4, -0.2) is 4.57 Å². The SMILES string of the molecule is CCCCCCCCCCCCCCCCn1cc[n+](CCCCCCC)c1CCCC. The highest BCUT2D eigenvalue weighted by atomic mass is 15.1. The van der Waals surface area contributed by atoms with Crippen LogP contribution in [0.2, 0.25) is 0 Å². The van der Waals surface area contributed by atoms with E-state index in [1.807, 2.05) is 0 Å². The number of hydrogen-bond acceptors (Lipinski definition) is 0. The maximum Gasteiger partial charge on any atom is 0.256 e. The van der Waals surface area contributed by atoms with Gasteiger partial charge in [-0.2, -0.15) is 0 Å². The lowest BCUT2D eigenvalue weighted by atomic mass is 10.0. The van der Waals surface area contributed by atoms with Crippen LogP contribution in [0.3, 0.4) is 0 Å². The van der Waals surface area contributed by atoms with Gasteiger partial charge in [0.1, 0.15) is 12.4 Å². The number of rotatable bonds is 24. The van der Waals surface area contributed by atoms with E-state index >= 15 is 0 Å². The van der Waals surface area contributed by atoms with Crippen molar-refractivity contribution in [2.45, 2.75) is 175 Å². The van der Waals surface area contributed by atoms with E-state index < -0.39 is 0 Å². The first-order valence-corrected chi connectivity index (χ1v) is 14.9. The third-order valence-electron chi connectivity index (χ3n) is 7.10. The van der Waals surface area contributed by atoms with Crippen molar-refractivity contribution in [2.24, 2.45) is 0 Å². The van der Waals surface area contributed by atoms with Gasteiger partial charge in [-0.1, -0.05) is 124 Å². The highest BCUT2D eigenvalue weighted by Crippen LogP contribution is 2.14. The van der Waals surface area contributed by atoms with Crippen LogP contribution in [0.25, 0.3) is 0 Å². The van der Waals surface area contributed by atoms with Crippen molar-refractivity contribution in [2.75, 3.05) is 0 Å². The van der Waals surface area contributed by atoms with Crippen molar-refractivity contribution in [3.05, 3.63) is 18.2 Å². The Kier molecular flexibility index (Phi) is 20.1. The molecule has 0 unspecified atom stereocenters. The summed E-state index contributed by atoms with van der Waals surface area (Å²) in [7, 11) is 0. The van der Waals surface area contributed by atoms with Gasteiger partial charge < -0.3 is 0 Å². The molecule has 0 saturated carbocycles. The van der Waals surface area contributed by atoms with Gasteiger partial charge in [-0.15, -0.1) is 0 Å². The minimum absolute atomic E-state index is 1.22. The Balaban J connectivity index is 2.10. The smallest absolute Gasteiger partial charge is 0.234 e. The minimum Gasteiger partial charge on any atom is -0.234 e. The predicted octanol–water partition coefficient (Wildman–Crippen LogP) is 9.57. The summed E-state index contributed by atoms with van der Waals surface area (Å²) < 4.78 is 5.13. The number of aryl methyl sites for hydroxylation is 2. The Morgan fingerprint density at radius 3 is 1.47 bits per heavy atom. The van der Waals surface area contributed by atoms with E-state index in [-0.39, 0.29) is 0 Å². The van der Waals surface area contributed by atoms with Crippen LogP contribution in [0.1, 0.15) is 161 Å². The van der Waals surface area contributed by atoms with E-state index in [1.54, 1.807) is 5.82 Å². The Hall–Kier alpha value is -0.790. The zero-order chi connectivity index (χ0) is 23.1. The largest absolute Gasteiger partial charge is 0.256 e. The van der Waals surface area contributed by atoms with Crippen molar-refractivity contribution in [1.29, 1.82) is 0 Å². The Morgan fingerprint density at radius 2 is 0.969 bits per heavy atom. The molecular weight excluding hydrogens is 388 g/mol. The summed E-state index contributed by atoms with van der Waals surface area (Å²) in [5.41, 5.74) is 0. The quantitative estimate of drug-likeness (QED) is 0.110. The van der Waals surface area contributed by atoms with Crippen LogP contribution in [0.4, 0.5) is 0 Å². The zero-order valence-corrected chi connectivity index (χ0v) is 22.5. The average Bonchev–Trinajstić information content (AvgIpc) is 3.19. The molecule has 188 valence electrons. The highest BCUT2D eigenvalue weighted by molar-refractivity contribution is 4.84. The first kappa shape index (κ1) is 29.2. The molecule has 1 rings (SSSR count). The van der Waals surface area contributed by atoms with Gasteiger partial charge in [-0.25, -0.2) is 9.13 Å². The van der Waals surface area contributed by atoms with E-state index in [4.69, 9.17) is 0 Å². The van der Waals surface area contributed by atoms with E-state index in [0.717, 1.165) is 0 Å². The Morgan fingerprint density at radius 1 is 0.531 bits per heavy atom.